The predicted octanol–water partition coefficient (Wildman–Crippen LogP) is 1.53. The summed E-state index contributed by atoms with van der Waals surface area (Å²) >= 11 is 0. The highest BCUT2D eigenvalue weighted by Gasteiger charge is 2.28. The van der Waals surface area contributed by atoms with Gasteiger partial charge in [-0.1, -0.05) is 6.07 Å². The molecule has 18 heavy (non-hydrogen) atoms. The summed E-state index contributed by atoms with van der Waals surface area (Å²) in [6.07, 6.45) is 3.02. The molecule has 1 amide bonds. The van der Waals surface area contributed by atoms with Crippen LogP contribution in [0.25, 0.3) is 0 Å². The van der Waals surface area contributed by atoms with Crippen molar-refractivity contribution in [2.45, 2.75) is 25.2 Å². The number of aliphatic hydroxyl groups excluding tert-OH is 1. The number of aliphatic hydroxyl groups is 1. The van der Waals surface area contributed by atoms with E-state index >= 15 is 0 Å². The van der Waals surface area contributed by atoms with E-state index in [2.05, 4.69) is 5.32 Å². The van der Waals surface area contributed by atoms with Gasteiger partial charge in [0.05, 0.1) is 6.54 Å². The lowest BCUT2D eigenvalue weighted by Crippen LogP contribution is -2.39. The largest absolute Gasteiger partial charge is 0.390 e. The Morgan fingerprint density at radius 3 is 2.78 bits per heavy atom. The van der Waals surface area contributed by atoms with Gasteiger partial charge in [0.2, 0.25) is 0 Å². The molecule has 0 radical (unpaired) electrons. The highest BCUT2D eigenvalue weighted by atomic mass is 19.3. The van der Waals surface area contributed by atoms with Crippen LogP contribution in [0.15, 0.2) is 18.2 Å². The Balaban J connectivity index is 2.01. The van der Waals surface area contributed by atoms with Gasteiger partial charge in [0.1, 0.15) is 6.61 Å². The van der Waals surface area contributed by atoms with Crippen LogP contribution in [0.3, 0.4) is 0 Å². The Morgan fingerprint density at radius 2 is 2.06 bits per heavy atom. The van der Waals surface area contributed by atoms with Crippen LogP contribution in [0.4, 0.5) is 8.78 Å². The smallest absolute Gasteiger partial charge is 0.287 e. The summed E-state index contributed by atoms with van der Waals surface area (Å²) in [5.74, 6) is -3.80. The summed E-state index contributed by atoms with van der Waals surface area (Å²) in [7, 11) is 0. The number of fused-ring (bicyclic) bond motifs is 1. The van der Waals surface area contributed by atoms with E-state index in [1.807, 2.05) is 6.07 Å². The van der Waals surface area contributed by atoms with Crippen molar-refractivity contribution in [3.05, 3.63) is 34.9 Å². The molecule has 0 saturated heterocycles. The molecule has 0 heterocycles. The van der Waals surface area contributed by atoms with Gasteiger partial charge < -0.3 is 10.4 Å². The Hall–Kier alpha value is -1.49. The van der Waals surface area contributed by atoms with E-state index in [0.717, 1.165) is 24.8 Å². The van der Waals surface area contributed by atoms with E-state index in [1.54, 1.807) is 12.1 Å². The third kappa shape index (κ3) is 2.85. The molecule has 98 valence electrons. The predicted molar refractivity (Wildman–Crippen MR) is 62.8 cm³/mol. The van der Waals surface area contributed by atoms with Crippen molar-refractivity contribution < 1.29 is 18.7 Å². The van der Waals surface area contributed by atoms with Gasteiger partial charge >= 0.3 is 0 Å². The lowest BCUT2D eigenvalue weighted by Gasteiger charge is -2.14. The van der Waals surface area contributed by atoms with Gasteiger partial charge in [0.15, 0.2) is 0 Å². The van der Waals surface area contributed by atoms with Gasteiger partial charge in [0.25, 0.3) is 11.8 Å². The van der Waals surface area contributed by atoms with Crippen LogP contribution in [-0.4, -0.2) is 30.1 Å². The molecule has 0 atom stereocenters. The molecular weight excluding hydrogens is 240 g/mol. The van der Waals surface area contributed by atoms with Crippen LogP contribution in [-0.2, 0) is 12.8 Å². The fraction of sp³-hybridized carbons (Fsp3) is 0.462. The highest BCUT2D eigenvalue weighted by Crippen LogP contribution is 2.22. The molecule has 0 bridgehead atoms. The van der Waals surface area contributed by atoms with Gasteiger partial charge in [-0.25, -0.2) is 8.78 Å². The van der Waals surface area contributed by atoms with E-state index in [-0.39, 0.29) is 0 Å². The minimum atomic E-state index is -3.27. The van der Waals surface area contributed by atoms with Gasteiger partial charge in [-0.3, -0.25) is 4.79 Å². The summed E-state index contributed by atoms with van der Waals surface area (Å²) in [5.41, 5.74) is 2.74. The maximum atomic E-state index is 12.8. The second-order valence-corrected chi connectivity index (χ2v) is 4.53. The molecule has 1 aliphatic carbocycles. The molecule has 0 spiro atoms. The molecule has 0 saturated carbocycles. The van der Waals surface area contributed by atoms with Crippen LogP contribution in [0.5, 0.6) is 0 Å². The Morgan fingerprint density at radius 1 is 1.33 bits per heavy atom. The van der Waals surface area contributed by atoms with Crippen molar-refractivity contribution in [2.75, 3.05) is 13.2 Å². The zero-order valence-electron chi connectivity index (χ0n) is 9.88. The van der Waals surface area contributed by atoms with E-state index in [1.165, 1.54) is 5.56 Å². The number of hydrogen-bond acceptors (Lipinski definition) is 2. The molecule has 1 aromatic carbocycles. The van der Waals surface area contributed by atoms with E-state index < -0.39 is 25.0 Å². The molecule has 0 unspecified atom stereocenters. The van der Waals surface area contributed by atoms with Crippen molar-refractivity contribution in [3.8, 4) is 0 Å². The van der Waals surface area contributed by atoms with E-state index in [4.69, 9.17) is 5.11 Å². The summed E-state index contributed by atoms with van der Waals surface area (Å²) in [5, 5.41) is 10.5. The first kappa shape index (κ1) is 13.0. The number of carbonyl (C=O) groups is 1. The summed E-state index contributed by atoms with van der Waals surface area (Å²) in [4.78, 5) is 11.7. The lowest BCUT2D eigenvalue weighted by atomic mass is 10.1. The molecule has 2 N–H and O–H groups in total. The van der Waals surface area contributed by atoms with Crippen molar-refractivity contribution in [1.29, 1.82) is 0 Å². The fourth-order valence-electron chi connectivity index (χ4n) is 2.08. The molecule has 3 nitrogen and oxygen atoms in total. The number of rotatable bonds is 4. The SMILES string of the molecule is O=C(NCC(F)(F)CO)c1ccc2c(c1)CCC2. The minimum absolute atomic E-state index is 0.393. The van der Waals surface area contributed by atoms with Gasteiger partial charge in [-0.05, 0) is 42.5 Å². The monoisotopic (exact) mass is 255 g/mol. The summed E-state index contributed by atoms with van der Waals surface area (Å²) < 4.78 is 25.6. The van der Waals surface area contributed by atoms with Crippen molar-refractivity contribution >= 4 is 5.91 Å². The Kier molecular flexibility index (Phi) is 3.61. The highest BCUT2D eigenvalue weighted by molar-refractivity contribution is 5.94. The van der Waals surface area contributed by atoms with Crippen molar-refractivity contribution in [1.82, 2.24) is 5.32 Å². The number of aryl methyl sites for hydroxylation is 2. The van der Waals surface area contributed by atoms with Crippen molar-refractivity contribution in [2.24, 2.45) is 0 Å². The minimum Gasteiger partial charge on any atom is -0.390 e. The second-order valence-electron chi connectivity index (χ2n) is 4.53. The van der Waals surface area contributed by atoms with E-state index in [0.29, 0.717) is 5.56 Å². The van der Waals surface area contributed by atoms with Crippen molar-refractivity contribution in [3.63, 3.8) is 0 Å². The van der Waals surface area contributed by atoms with Crippen LogP contribution < -0.4 is 5.32 Å². The quantitative estimate of drug-likeness (QED) is 0.857. The molecule has 0 aromatic heterocycles. The first-order chi connectivity index (χ1) is 8.52. The molecule has 2 rings (SSSR count). The number of carbonyl (C=O) groups excluding carboxylic acids is 1. The fourth-order valence-corrected chi connectivity index (χ4v) is 2.08. The van der Waals surface area contributed by atoms with Gasteiger partial charge in [0, 0.05) is 5.56 Å². The second kappa shape index (κ2) is 5.02. The topological polar surface area (TPSA) is 49.3 Å². The third-order valence-corrected chi connectivity index (χ3v) is 3.10. The molecular formula is C13H15F2NO2. The average molecular weight is 255 g/mol. The Labute approximate surface area is 104 Å². The van der Waals surface area contributed by atoms with Gasteiger partial charge in [-0.2, -0.15) is 0 Å². The molecule has 0 aliphatic heterocycles. The molecule has 1 aliphatic rings. The molecule has 0 fully saturated rings. The van der Waals surface area contributed by atoms with E-state index in [9.17, 15) is 13.6 Å². The Bertz CT molecular complexity index is 460. The summed E-state index contributed by atoms with van der Waals surface area (Å²) in [6.45, 7) is -2.11. The standard InChI is InChI=1S/C13H15F2NO2/c14-13(15,8-17)7-16-12(18)11-5-4-9-2-1-3-10(9)6-11/h4-6,17H,1-3,7-8H2,(H,16,18). The van der Waals surface area contributed by atoms with Crippen LogP contribution in [0.2, 0.25) is 0 Å². The maximum Gasteiger partial charge on any atom is 0.287 e. The maximum absolute atomic E-state index is 12.8. The van der Waals surface area contributed by atoms with Crippen LogP contribution in [0.1, 0.15) is 27.9 Å². The normalized spacial score (nSPS) is 14.4. The van der Waals surface area contributed by atoms with Crippen LogP contribution >= 0.6 is 0 Å². The number of halogens is 2. The molecule has 1 aromatic rings. The number of hydrogen-bond donors (Lipinski definition) is 2. The third-order valence-electron chi connectivity index (χ3n) is 3.10. The van der Waals surface area contributed by atoms with Gasteiger partial charge in [-0.15, -0.1) is 0 Å². The number of alkyl halides is 2. The zero-order chi connectivity index (χ0) is 13.2. The van der Waals surface area contributed by atoms with Crippen LogP contribution in [0, 0.1) is 0 Å². The first-order valence-electron chi connectivity index (χ1n) is 5.90. The number of benzene rings is 1. The molecule has 5 heteroatoms. The number of nitrogens with one attached hydrogen (secondary N) is 1. The lowest BCUT2D eigenvalue weighted by molar-refractivity contribution is -0.0462. The first-order valence-corrected chi connectivity index (χ1v) is 5.90. The average Bonchev–Trinajstić information content (AvgIpc) is 2.83. The number of amides is 1. The summed E-state index contributed by atoms with van der Waals surface area (Å²) in [6, 6.07) is 5.28. The zero-order valence-corrected chi connectivity index (χ0v) is 9.88.